The molecule has 2 fully saturated rings. The Morgan fingerprint density at radius 2 is 2.11 bits per heavy atom. The van der Waals surface area contributed by atoms with Gasteiger partial charge in [-0.05, 0) is 18.9 Å². The largest absolute Gasteiger partial charge is 0.448 e. The van der Waals surface area contributed by atoms with Gasteiger partial charge in [-0.25, -0.2) is 0 Å². The van der Waals surface area contributed by atoms with Crippen molar-refractivity contribution in [3.8, 4) is 0 Å². The van der Waals surface area contributed by atoms with Crippen molar-refractivity contribution >= 4 is 34.2 Å². The number of thiocarbonyl (C=S) groups is 1. The van der Waals surface area contributed by atoms with Crippen molar-refractivity contribution in [2.75, 3.05) is 17.4 Å². The summed E-state index contributed by atoms with van der Waals surface area (Å²) in [5.41, 5.74) is 0. The molecule has 3 nitrogen and oxygen atoms in total. The van der Waals surface area contributed by atoms with E-state index in [-0.39, 0.29) is 0 Å². The van der Waals surface area contributed by atoms with Crippen molar-refractivity contribution in [1.82, 2.24) is 4.90 Å². The van der Waals surface area contributed by atoms with Crippen LogP contribution in [0.2, 0.25) is 0 Å². The summed E-state index contributed by atoms with van der Waals surface area (Å²) in [6, 6.07) is 4.63. The maximum Gasteiger partial charge on any atom is 0.201 e. The quantitative estimate of drug-likeness (QED) is 0.769. The van der Waals surface area contributed by atoms with E-state index in [0.717, 1.165) is 28.8 Å². The third kappa shape index (κ3) is 2.58. The Morgan fingerprint density at radius 1 is 1.28 bits per heavy atom. The van der Waals surface area contributed by atoms with Gasteiger partial charge in [0.1, 0.15) is 4.32 Å². The van der Waals surface area contributed by atoms with Crippen LogP contribution in [-0.4, -0.2) is 27.8 Å². The van der Waals surface area contributed by atoms with E-state index in [9.17, 15) is 0 Å². The maximum atomic E-state index is 5.48. The first-order valence-electron chi connectivity index (χ1n) is 6.56. The molecule has 1 aromatic rings. The molecule has 0 atom stereocenters. The Bertz CT molecular complexity index is 401. The van der Waals surface area contributed by atoms with Gasteiger partial charge in [-0.3, -0.25) is 9.80 Å². The number of rotatable bonds is 2. The summed E-state index contributed by atoms with van der Waals surface area (Å²) in [5, 5.41) is 0. The van der Waals surface area contributed by atoms with Crippen molar-refractivity contribution in [2.24, 2.45) is 0 Å². The fourth-order valence-corrected chi connectivity index (χ4v) is 3.92. The van der Waals surface area contributed by atoms with Crippen molar-refractivity contribution in [1.29, 1.82) is 0 Å². The van der Waals surface area contributed by atoms with E-state index >= 15 is 0 Å². The van der Waals surface area contributed by atoms with Crippen LogP contribution >= 0.6 is 24.0 Å². The predicted octanol–water partition coefficient (Wildman–Crippen LogP) is 3.67. The highest BCUT2D eigenvalue weighted by molar-refractivity contribution is 8.23. The predicted molar refractivity (Wildman–Crippen MR) is 79.8 cm³/mol. The molecule has 2 heterocycles. The average Bonchev–Trinajstić information content (AvgIpc) is 2.94. The second kappa shape index (κ2) is 5.63. The lowest BCUT2D eigenvalue weighted by molar-refractivity contribution is 0.185. The van der Waals surface area contributed by atoms with Crippen molar-refractivity contribution in [2.45, 2.75) is 38.1 Å². The molecule has 3 rings (SSSR count). The highest BCUT2D eigenvalue weighted by Gasteiger charge is 2.29. The van der Waals surface area contributed by atoms with Gasteiger partial charge >= 0.3 is 0 Å². The summed E-state index contributed by atoms with van der Waals surface area (Å²) in [7, 11) is 0. The van der Waals surface area contributed by atoms with Crippen molar-refractivity contribution < 1.29 is 4.42 Å². The fourth-order valence-electron chi connectivity index (χ4n) is 2.75. The first-order valence-corrected chi connectivity index (χ1v) is 7.96. The van der Waals surface area contributed by atoms with Gasteiger partial charge in [0.2, 0.25) is 5.88 Å². The Labute approximate surface area is 118 Å². The van der Waals surface area contributed by atoms with Crippen LogP contribution in [0.1, 0.15) is 32.1 Å². The number of hydrogen-bond donors (Lipinski definition) is 0. The molecule has 0 bridgehead atoms. The molecule has 0 aromatic carbocycles. The molecule has 1 aliphatic carbocycles. The summed E-state index contributed by atoms with van der Waals surface area (Å²) in [6.07, 6.45) is 8.52. The summed E-state index contributed by atoms with van der Waals surface area (Å²) in [6.45, 7) is 0.879. The summed E-state index contributed by atoms with van der Waals surface area (Å²) in [5.74, 6) is 1.90. The van der Waals surface area contributed by atoms with E-state index < -0.39 is 0 Å². The van der Waals surface area contributed by atoms with E-state index in [1.165, 1.54) is 32.1 Å². The molecule has 1 aliphatic heterocycles. The smallest absolute Gasteiger partial charge is 0.201 e. The first-order chi connectivity index (χ1) is 8.84. The van der Waals surface area contributed by atoms with Crippen LogP contribution in [0.15, 0.2) is 22.8 Å². The molecule has 18 heavy (non-hydrogen) atoms. The topological polar surface area (TPSA) is 19.6 Å². The minimum Gasteiger partial charge on any atom is -0.448 e. The Hall–Kier alpha value is -0.520. The minimum atomic E-state index is 0.729. The van der Waals surface area contributed by atoms with E-state index in [2.05, 4.69) is 9.80 Å². The third-order valence-electron chi connectivity index (χ3n) is 3.76. The molecule has 0 amide bonds. The van der Waals surface area contributed by atoms with Gasteiger partial charge in [-0.2, -0.15) is 0 Å². The van der Waals surface area contributed by atoms with E-state index in [1.54, 1.807) is 18.0 Å². The molecule has 0 N–H and O–H groups in total. The van der Waals surface area contributed by atoms with Crippen LogP contribution in [0.25, 0.3) is 0 Å². The number of furan rings is 1. The minimum absolute atomic E-state index is 0.729. The summed E-state index contributed by atoms with van der Waals surface area (Å²) < 4.78 is 6.41. The van der Waals surface area contributed by atoms with Gasteiger partial charge in [0.15, 0.2) is 0 Å². The van der Waals surface area contributed by atoms with Gasteiger partial charge in [0.25, 0.3) is 0 Å². The standard InChI is InChI=1S/C13H18N2OS2/c17-13-15(12-7-4-8-16-12)9-14(10-18-13)11-5-2-1-3-6-11/h4,7-8,11H,1-3,5-6,9-10H2. The first kappa shape index (κ1) is 12.5. The second-order valence-corrected chi connectivity index (χ2v) is 6.52. The lowest BCUT2D eigenvalue weighted by atomic mass is 9.95. The van der Waals surface area contributed by atoms with Crippen LogP contribution in [-0.2, 0) is 0 Å². The molecular formula is C13H18N2OS2. The molecule has 1 saturated carbocycles. The Morgan fingerprint density at radius 3 is 2.83 bits per heavy atom. The molecule has 0 unspecified atom stereocenters. The Kier molecular flexibility index (Phi) is 3.91. The number of thioether (sulfide) groups is 1. The zero-order valence-corrected chi connectivity index (χ0v) is 12.0. The van der Waals surface area contributed by atoms with E-state index in [4.69, 9.17) is 16.6 Å². The number of anilines is 1. The summed E-state index contributed by atoms with van der Waals surface area (Å²) >= 11 is 7.18. The molecular weight excluding hydrogens is 264 g/mol. The lowest BCUT2D eigenvalue weighted by Gasteiger charge is -2.41. The van der Waals surface area contributed by atoms with Crippen molar-refractivity contribution in [3.05, 3.63) is 18.4 Å². The second-order valence-electron chi connectivity index (χ2n) is 4.94. The van der Waals surface area contributed by atoms with Crippen LogP contribution in [0.5, 0.6) is 0 Å². The van der Waals surface area contributed by atoms with Crippen LogP contribution in [0.3, 0.4) is 0 Å². The Balaban J connectivity index is 1.69. The number of hydrogen-bond acceptors (Lipinski definition) is 4. The SMILES string of the molecule is S=C1SCN(C2CCCCC2)CN1c1ccco1. The van der Waals surface area contributed by atoms with Gasteiger partial charge in [-0.1, -0.05) is 43.2 Å². The zero-order chi connectivity index (χ0) is 12.4. The molecule has 5 heteroatoms. The van der Waals surface area contributed by atoms with Gasteiger partial charge in [0.05, 0.1) is 18.8 Å². The number of nitrogens with zero attached hydrogens (tertiary/aromatic N) is 2. The van der Waals surface area contributed by atoms with Gasteiger partial charge in [-0.15, -0.1) is 0 Å². The lowest BCUT2D eigenvalue weighted by Crippen LogP contribution is -2.49. The van der Waals surface area contributed by atoms with Crippen LogP contribution < -0.4 is 4.90 Å². The molecule has 0 spiro atoms. The molecule has 0 radical (unpaired) electrons. The average molecular weight is 282 g/mol. The zero-order valence-electron chi connectivity index (χ0n) is 10.4. The molecule has 98 valence electrons. The maximum absolute atomic E-state index is 5.48. The molecule has 1 aromatic heterocycles. The highest BCUT2D eigenvalue weighted by Crippen LogP contribution is 2.30. The van der Waals surface area contributed by atoms with E-state index in [1.807, 2.05) is 12.1 Å². The van der Waals surface area contributed by atoms with E-state index in [0.29, 0.717) is 0 Å². The fraction of sp³-hybridized carbons (Fsp3) is 0.615. The molecule has 2 aliphatic rings. The third-order valence-corrected chi connectivity index (χ3v) is 5.26. The summed E-state index contributed by atoms with van der Waals surface area (Å²) in [4.78, 5) is 4.65. The van der Waals surface area contributed by atoms with Crippen molar-refractivity contribution in [3.63, 3.8) is 0 Å². The monoisotopic (exact) mass is 282 g/mol. The van der Waals surface area contributed by atoms with Crippen LogP contribution in [0, 0.1) is 0 Å². The normalized spacial score (nSPS) is 23.6. The highest BCUT2D eigenvalue weighted by atomic mass is 32.2. The van der Waals surface area contributed by atoms with Gasteiger partial charge < -0.3 is 4.42 Å². The van der Waals surface area contributed by atoms with Gasteiger partial charge in [0, 0.05) is 12.1 Å². The molecule has 1 saturated heterocycles. The van der Waals surface area contributed by atoms with Crippen LogP contribution in [0.4, 0.5) is 5.88 Å².